The van der Waals surface area contributed by atoms with Gasteiger partial charge in [-0.1, -0.05) is 18.1 Å². The summed E-state index contributed by atoms with van der Waals surface area (Å²) in [7, 11) is 1.59. The first-order valence-electron chi connectivity index (χ1n) is 16.6. The molecule has 47 heavy (non-hydrogen) atoms. The van der Waals surface area contributed by atoms with Gasteiger partial charge >= 0.3 is 6.01 Å². The van der Waals surface area contributed by atoms with Gasteiger partial charge in [0.15, 0.2) is 5.75 Å². The highest BCUT2D eigenvalue weighted by molar-refractivity contribution is 6.07. The van der Waals surface area contributed by atoms with Gasteiger partial charge in [0.05, 0.1) is 18.7 Å². The third-order valence-corrected chi connectivity index (χ3v) is 11.1. The molecule has 7 heterocycles. The number of methoxy groups -OCH3 is 1. The molecule has 2 aromatic carbocycles. The molecule has 4 aromatic rings. The number of terminal acetylenes is 1. The summed E-state index contributed by atoms with van der Waals surface area (Å²) >= 11 is 0. The normalized spacial score (nSPS) is 28.0. The number of phenolic OH excluding ortho intramolecular Hbond substituents is 1. The Kier molecular flexibility index (Phi) is 6.63. The van der Waals surface area contributed by atoms with Crippen molar-refractivity contribution in [3.8, 4) is 47.0 Å². The maximum absolute atomic E-state index is 14.6. The van der Waals surface area contributed by atoms with E-state index in [2.05, 4.69) is 21.0 Å². The zero-order valence-electron chi connectivity index (χ0n) is 26.3. The minimum Gasteiger partial charge on any atom is -0.508 e. The number of nitrogens with one attached hydrogen (secondary N) is 1. The van der Waals surface area contributed by atoms with E-state index in [1.807, 2.05) is 18.2 Å². The highest BCUT2D eigenvalue weighted by Crippen LogP contribution is 2.48. The second kappa shape index (κ2) is 10.8. The van der Waals surface area contributed by atoms with Crippen LogP contribution in [0.25, 0.3) is 32.9 Å². The molecular formula is C36H37FN6O4. The fraction of sp³-hybridized carbons (Fsp3) is 0.472. The number of pyridine rings is 1. The van der Waals surface area contributed by atoms with Gasteiger partial charge in [-0.2, -0.15) is 9.97 Å². The largest absolute Gasteiger partial charge is 0.508 e. The standard InChI is InChI=1S/C36H37FN6O4/c1-3-21-6-4-7-22-13-24(44)14-25(28(21)22)30-32(45-2)31-29-33(41-35(40-31)47-19-36-9-5-10-42(36)17-23(37)15-36)43-11-8-20-12-26(38-16-20)27(43)18-46-34(29)39-30/h1,4,6-7,13-14,20,23,26-27,38,44H,5,8-12,15-19H2,2H3. The SMILES string of the molecule is C#Cc1cccc2cc(O)cc(-c3nc4c5c(nc(OCC67CCCN6CC(F)C7)nc5c3OC)N3CCC5CNC(C5)C3CO4)c12. The van der Waals surface area contributed by atoms with Crippen LogP contribution in [-0.2, 0) is 0 Å². The Morgan fingerprint density at radius 2 is 2.13 bits per heavy atom. The predicted molar refractivity (Wildman–Crippen MR) is 176 cm³/mol. The number of aromatic hydroxyl groups is 1. The number of ether oxygens (including phenoxy) is 3. The number of rotatable bonds is 5. The number of nitrogens with zero attached hydrogens (tertiary/aromatic N) is 5. The molecular weight excluding hydrogens is 599 g/mol. The topological polar surface area (TPSA) is 105 Å². The van der Waals surface area contributed by atoms with Crippen LogP contribution in [0, 0.1) is 18.3 Å². The monoisotopic (exact) mass is 636 g/mol. The van der Waals surface area contributed by atoms with E-state index >= 15 is 0 Å². The molecule has 5 aliphatic rings. The van der Waals surface area contributed by atoms with E-state index in [9.17, 15) is 9.50 Å². The van der Waals surface area contributed by atoms with Crippen molar-refractivity contribution in [2.24, 2.45) is 5.92 Å². The molecule has 5 aliphatic heterocycles. The Hall–Kier alpha value is -4.40. The van der Waals surface area contributed by atoms with Crippen LogP contribution >= 0.6 is 0 Å². The molecule has 9 rings (SSSR count). The molecule has 5 unspecified atom stereocenters. The first kappa shape index (κ1) is 28.8. The lowest BCUT2D eigenvalue weighted by molar-refractivity contribution is 0.107. The van der Waals surface area contributed by atoms with Gasteiger partial charge in [-0.05, 0) is 68.3 Å². The van der Waals surface area contributed by atoms with Crippen LogP contribution in [0.15, 0.2) is 30.3 Å². The second-order valence-corrected chi connectivity index (χ2v) is 13.7. The van der Waals surface area contributed by atoms with Crippen LogP contribution in [0.5, 0.6) is 23.4 Å². The number of benzene rings is 2. The van der Waals surface area contributed by atoms with Crippen molar-refractivity contribution in [3.63, 3.8) is 0 Å². The molecule has 0 saturated carbocycles. The van der Waals surface area contributed by atoms with Gasteiger partial charge in [0.25, 0.3) is 0 Å². The van der Waals surface area contributed by atoms with Crippen molar-refractivity contribution in [1.29, 1.82) is 0 Å². The Bertz CT molecular complexity index is 1970. The maximum atomic E-state index is 14.6. The van der Waals surface area contributed by atoms with E-state index in [0.29, 0.717) is 77.3 Å². The first-order chi connectivity index (χ1) is 22.9. The summed E-state index contributed by atoms with van der Waals surface area (Å²) in [6.45, 7) is 3.86. The molecule has 0 amide bonds. The van der Waals surface area contributed by atoms with E-state index < -0.39 is 6.17 Å². The number of alkyl halides is 1. The van der Waals surface area contributed by atoms with Gasteiger partial charge in [-0.3, -0.25) is 4.90 Å². The number of fused-ring (bicyclic) bond motifs is 7. The average molecular weight is 637 g/mol. The van der Waals surface area contributed by atoms with Crippen molar-refractivity contribution < 1.29 is 23.7 Å². The molecule has 2 bridgehead atoms. The van der Waals surface area contributed by atoms with E-state index in [1.54, 1.807) is 19.2 Å². The van der Waals surface area contributed by atoms with Crippen LogP contribution < -0.4 is 24.4 Å². The summed E-state index contributed by atoms with van der Waals surface area (Å²) in [5, 5.41) is 16.8. The van der Waals surface area contributed by atoms with Crippen LogP contribution in [0.3, 0.4) is 0 Å². The number of halogens is 1. The van der Waals surface area contributed by atoms with Gasteiger partial charge in [0, 0.05) is 42.1 Å². The number of aromatic nitrogens is 3. The zero-order chi connectivity index (χ0) is 31.9. The van der Waals surface area contributed by atoms with Crippen LogP contribution in [0.2, 0.25) is 0 Å². The van der Waals surface area contributed by atoms with Crippen molar-refractivity contribution in [3.05, 3.63) is 35.9 Å². The van der Waals surface area contributed by atoms with Crippen molar-refractivity contribution in [1.82, 2.24) is 25.2 Å². The lowest BCUT2D eigenvalue weighted by Crippen LogP contribution is -2.51. The Labute approximate surface area is 272 Å². The summed E-state index contributed by atoms with van der Waals surface area (Å²) in [6, 6.07) is 9.46. The Morgan fingerprint density at radius 1 is 1.21 bits per heavy atom. The van der Waals surface area contributed by atoms with E-state index in [-0.39, 0.29) is 29.4 Å². The molecule has 0 radical (unpaired) electrons. The molecule has 0 aliphatic carbocycles. The molecule has 5 atom stereocenters. The Morgan fingerprint density at radius 3 is 3.00 bits per heavy atom. The lowest BCUT2D eigenvalue weighted by Gasteiger charge is -2.34. The van der Waals surface area contributed by atoms with Crippen LogP contribution in [-0.4, -0.2) is 95.3 Å². The van der Waals surface area contributed by atoms with Gasteiger partial charge in [0.1, 0.15) is 47.5 Å². The summed E-state index contributed by atoms with van der Waals surface area (Å²) in [6.07, 6.45) is 9.56. The number of phenols is 1. The third-order valence-electron chi connectivity index (χ3n) is 11.1. The highest BCUT2D eigenvalue weighted by Gasteiger charge is 2.49. The van der Waals surface area contributed by atoms with Gasteiger partial charge < -0.3 is 29.5 Å². The summed E-state index contributed by atoms with van der Waals surface area (Å²) < 4.78 is 33.8. The third kappa shape index (κ3) is 4.49. The minimum absolute atomic E-state index is 0.0257. The van der Waals surface area contributed by atoms with Crippen molar-refractivity contribution in [2.45, 2.75) is 55.9 Å². The van der Waals surface area contributed by atoms with E-state index in [1.165, 1.54) is 0 Å². The molecule has 2 aromatic heterocycles. The quantitative estimate of drug-likeness (QED) is 0.306. The molecule has 0 spiro atoms. The maximum Gasteiger partial charge on any atom is 0.319 e. The summed E-state index contributed by atoms with van der Waals surface area (Å²) in [5.41, 5.74) is 1.87. The molecule has 10 nitrogen and oxygen atoms in total. The molecule has 4 fully saturated rings. The predicted octanol–water partition coefficient (Wildman–Crippen LogP) is 4.44. The number of anilines is 1. The van der Waals surface area contributed by atoms with Gasteiger partial charge in [-0.25, -0.2) is 9.37 Å². The van der Waals surface area contributed by atoms with E-state index in [4.69, 9.17) is 35.6 Å². The second-order valence-electron chi connectivity index (χ2n) is 13.7. The van der Waals surface area contributed by atoms with Crippen LogP contribution in [0.4, 0.5) is 10.2 Å². The van der Waals surface area contributed by atoms with Gasteiger partial charge in [0.2, 0.25) is 5.88 Å². The Balaban J connectivity index is 1.26. The molecule has 2 N–H and O–H groups in total. The summed E-state index contributed by atoms with van der Waals surface area (Å²) in [4.78, 5) is 19.7. The smallest absolute Gasteiger partial charge is 0.319 e. The zero-order valence-corrected chi connectivity index (χ0v) is 26.3. The summed E-state index contributed by atoms with van der Waals surface area (Å²) in [5.74, 6) is 4.96. The number of hydrogen-bond donors (Lipinski definition) is 2. The molecule has 4 saturated heterocycles. The first-order valence-corrected chi connectivity index (χ1v) is 16.6. The van der Waals surface area contributed by atoms with Crippen molar-refractivity contribution in [2.75, 3.05) is 51.4 Å². The fourth-order valence-corrected chi connectivity index (χ4v) is 8.92. The molecule has 11 heteroatoms. The fourth-order valence-electron chi connectivity index (χ4n) is 8.92. The molecule has 242 valence electrons. The van der Waals surface area contributed by atoms with Gasteiger partial charge in [-0.15, -0.1) is 6.42 Å². The minimum atomic E-state index is -0.861. The lowest BCUT2D eigenvalue weighted by atomic mass is 9.95. The highest BCUT2D eigenvalue weighted by atomic mass is 19.1. The van der Waals surface area contributed by atoms with Crippen LogP contribution in [0.1, 0.15) is 37.7 Å². The van der Waals surface area contributed by atoms with Crippen molar-refractivity contribution >= 4 is 27.5 Å². The average Bonchev–Trinajstić information content (AvgIpc) is 3.70. The number of hydrogen-bond acceptors (Lipinski definition) is 10. The van der Waals surface area contributed by atoms with E-state index in [0.717, 1.165) is 56.1 Å².